The zero-order valence-electron chi connectivity index (χ0n) is 15.5. The molecule has 0 aliphatic carbocycles. The van der Waals surface area contributed by atoms with Crippen molar-refractivity contribution < 1.29 is 14.3 Å². The Bertz CT molecular complexity index is 602. The molecule has 0 radical (unpaired) electrons. The Labute approximate surface area is 155 Å². The van der Waals surface area contributed by atoms with Crippen LogP contribution in [-0.4, -0.2) is 61.1 Å². The van der Waals surface area contributed by atoms with Crippen LogP contribution in [0.15, 0.2) is 30.3 Å². The molecule has 2 heterocycles. The first kappa shape index (κ1) is 18.7. The van der Waals surface area contributed by atoms with Crippen molar-refractivity contribution in [3.05, 3.63) is 30.3 Å². The number of urea groups is 1. The van der Waals surface area contributed by atoms with Gasteiger partial charge in [0.05, 0.1) is 13.2 Å². The van der Waals surface area contributed by atoms with Gasteiger partial charge >= 0.3 is 6.03 Å². The van der Waals surface area contributed by atoms with Crippen LogP contribution in [0.5, 0.6) is 0 Å². The Hall–Kier alpha value is -2.08. The maximum absolute atomic E-state index is 12.7. The number of piperidine rings is 1. The number of carbonyl (C=O) groups is 2. The van der Waals surface area contributed by atoms with E-state index in [0.29, 0.717) is 44.6 Å². The fraction of sp³-hybridized carbons (Fsp3) is 0.600. The molecule has 1 aromatic rings. The van der Waals surface area contributed by atoms with Gasteiger partial charge in [-0.05, 0) is 30.4 Å². The van der Waals surface area contributed by atoms with Crippen LogP contribution in [-0.2, 0) is 9.53 Å². The molecule has 0 unspecified atom stereocenters. The molecule has 3 amide bonds. The van der Waals surface area contributed by atoms with E-state index in [-0.39, 0.29) is 11.9 Å². The molecule has 2 saturated heterocycles. The van der Waals surface area contributed by atoms with Gasteiger partial charge in [0.2, 0.25) is 5.91 Å². The number of amides is 3. The fourth-order valence-corrected chi connectivity index (χ4v) is 3.91. The number of hydrogen-bond donors (Lipinski definition) is 1. The van der Waals surface area contributed by atoms with E-state index in [9.17, 15) is 9.59 Å². The number of ether oxygens (including phenoxy) is 1. The van der Waals surface area contributed by atoms with E-state index in [1.165, 1.54) is 0 Å². The molecule has 2 atom stereocenters. The quantitative estimate of drug-likeness (QED) is 0.899. The highest BCUT2D eigenvalue weighted by Crippen LogP contribution is 2.30. The minimum Gasteiger partial charge on any atom is -0.378 e. The molecule has 1 N–H and O–H groups in total. The number of likely N-dealkylation sites (tertiary alicyclic amines) is 1. The van der Waals surface area contributed by atoms with E-state index in [1.807, 2.05) is 40.1 Å². The molecular weight excluding hydrogens is 330 g/mol. The second-order valence-electron chi connectivity index (χ2n) is 7.16. The van der Waals surface area contributed by atoms with Gasteiger partial charge in [-0.3, -0.25) is 4.79 Å². The van der Waals surface area contributed by atoms with Gasteiger partial charge in [-0.15, -0.1) is 0 Å². The number of morpholine rings is 1. The molecule has 2 aliphatic rings. The van der Waals surface area contributed by atoms with Crippen molar-refractivity contribution in [2.75, 3.05) is 44.7 Å². The highest BCUT2D eigenvalue weighted by atomic mass is 16.5. The van der Waals surface area contributed by atoms with Crippen LogP contribution in [0.25, 0.3) is 0 Å². The predicted molar refractivity (Wildman–Crippen MR) is 101 cm³/mol. The Morgan fingerprint density at radius 1 is 1.08 bits per heavy atom. The molecule has 6 nitrogen and oxygen atoms in total. The second-order valence-corrected chi connectivity index (χ2v) is 7.16. The van der Waals surface area contributed by atoms with E-state index < -0.39 is 0 Å². The van der Waals surface area contributed by atoms with Gasteiger partial charge in [-0.2, -0.15) is 0 Å². The SMILES string of the molecule is CC[C@@H]1CN(C(=O)N2CCOCC2)CC[C@H]1CC(=O)Nc1ccccc1. The maximum Gasteiger partial charge on any atom is 0.320 e. The van der Waals surface area contributed by atoms with Crippen LogP contribution >= 0.6 is 0 Å². The molecule has 6 heteroatoms. The van der Waals surface area contributed by atoms with Gasteiger partial charge < -0.3 is 19.9 Å². The average Bonchev–Trinajstić information content (AvgIpc) is 2.69. The van der Waals surface area contributed by atoms with Crippen LogP contribution in [0.2, 0.25) is 0 Å². The predicted octanol–water partition coefficient (Wildman–Crippen LogP) is 2.82. The fourth-order valence-electron chi connectivity index (χ4n) is 3.91. The highest BCUT2D eigenvalue weighted by molar-refractivity contribution is 5.90. The monoisotopic (exact) mass is 359 g/mol. The number of para-hydroxylation sites is 1. The summed E-state index contributed by atoms with van der Waals surface area (Å²) in [6, 6.07) is 9.70. The summed E-state index contributed by atoms with van der Waals surface area (Å²) in [4.78, 5) is 28.9. The average molecular weight is 359 g/mol. The normalized spacial score (nSPS) is 23.6. The standard InChI is InChI=1S/C20H29N3O3/c1-2-16-15-23(20(25)22-10-12-26-13-11-22)9-8-17(16)14-19(24)21-18-6-4-3-5-7-18/h3-7,16-17H,2,8-15H2,1H3,(H,21,24)/t16-,17+/m1/s1. The van der Waals surface area contributed by atoms with Crippen molar-refractivity contribution in [3.63, 3.8) is 0 Å². The lowest BCUT2D eigenvalue weighted by Crippen LogP contribution is -2.52. The topological polar surface area (TPSA) is 61.9 Å². The number of benzene rings is 1. The van der Waals surface area contributed by atoms with Gasteiger partial charge in [0.25, 0.3) is 0 Å². The Balaban J connectivity index is 1.52. The summed E-state index contributed by atoms with van der Waals surface area (Å²) >= 11 is 0. The summed E-state index contributed by atoms with van der Waals surface area (Å²) < 4.78 is 5.33. The van der Waals surface area contributed by atoms with Gasteiger partial charge in [-0.25, -0.2) is 4.79 Å². The molecule has 3 rings (SSSR count). The van der Waals surface area contributed by atoms with Crippen LogP contribution in [0.3, 0.4) is 0 Å². The molecule has 0 aromatic heterocycles. The van der Waals surface area contributed by atoms with Crippen molar-refractivity contribution in [1.82, 2.24) is 9.80 Å². The molecule has 0 bridgehead atoms. The molecule has 2 fully saturated rings. The summed E-state index contributed by atoms with van der Waals surface area (Å²) in [6.07, 6.45) is 2.39. The Morgan fingerprint density at radius 3 is 2.50 bits per heavy atom. The maximum atomic E-state index is 12.7. The third-order valence-corrected chi connectivity index (χ3v) is 5.47. The van der Waals surface area contributed by atoms with E-state index in [4.69, 9.17) is 4.74 Å². The lowest BCUT2D eigenvalue weighted by molar-refractivity contribution is -0.117. The third kappa shape index (κ3) is 4.75. The molecule has 0 saturated carbocycles. The number of carbonyl (C=O) groups excluding carboxylic acids is 2. The zero-order valence-corrected chi connectivity index (χ0v) is 15.5. The van der Waals surface area contributed by atoms with E-state index >= 15 is 0 Å². The van der Waals surface area contributed by atoms with Crippen molar-refractivity contribution in [3.8, 4) is 0 Å². The minimum atomic E-state index is 0.0626. The number of nitrogens with one attached hydrogen (secondary N) is 1. The Morgan fingerprint density at radius 2 is 1.81 bits per heavy atom. The van der Waals surface area contributed by atoms with Crippen LogP contribution < -0.4 is 5.32 Å². The van der Waals surface area contributed by atoms with Gasteiger partial charge in [0, 0.05) is 38.3 Å². The Kier molecular flexibility index (Phi) is 6.50. The molecule has 2 aliphatic heterocycles. The summed E-state index contributed by atoms with van der Waals surface area (Å²) in [5.41, 5.74) is 0.838. The highest BCUT2D eigenvalue weighted by Gasteiger charge is 2.33. The first-order valence-electron chi connectivity index (χ1n) is 9.64. The largest absolute Gasteiger partial charge is 0.378 e. The van der Waals surface area contributed by atoms with Crippen molar-refractivity contribution in [2.24, 2.45) is 11.8 Å². The van der Waals surface area contributed by atoms with Crippen LogP contribution in [0, 0.1) is 11.8 Å². The van der Waals surface area contributed by atoms with Crippen molar-refractivity contribution in [1.29, 1.82) is 0 Å². The molecule has 26 heavy (non-hydrogen) atoms. The van der Waals surface area contributed by atoms with Crippen molar-refractivity contribution >= 4 is 17.6 Å². The third-order valence-electron chi connectivity index (χ3n) is 5.47. The second kappa shape index (κ2) is 9.03. The number of nitrogens with zero attached hydrogens (tertiary/aromatic N) is 2. The summed E-state index contributed by atoms with van der Waals surface area (Å²) in [7, 11) is 0. The van der Waals surface area contributed by atoms with E-state index in [2.05, 4.69) is 12.2 Å². The number of hydrogen-bond acceptors (Lipinski definition) is 3. The van der Waals surface area contributed by atoms with Gasteiger partial charge in [-0.1, -0.05) is 31.5 Å². The smallest absolute Gasteiger partial charge is 0.320 e. The zero-order chi connectivity index (χ0) is 18.4. The van der Waals surface area contributed by atoms with E-state index in [1.54, 1.807) is 0 Å². The van der Waals surface area contributed by atoms with Crippen LogP contribution in [0.4, 0.5) is 10.5 Å². The van der Waals surface area contributed by atoms with Gasteiger partial charge in [0.15, 0.2) is 0 Å². The van der Waals surface area contributed by atoms with E-state index in [0.717, 1.165) is 31.6 Å². The summed E-state index contributed by atoms with van der Waals surface area (Å²) in [5, 5.41) is 2.98. The summed E-state index contributed by atoms with van der Waals surface area (Å²) in [5.74, 6) is 0.764. The van der Waals surface area contributed by atoms with Crippen molar-refractivity contribution in [2.45, 2.75) is 26.2 Å². The number of rotatable bonds is 4. The lowest BCUT2D eigenvalue weighted by Gasteiger charge is -2.41. The molecule has 142 valence electrons. The molecule has 1 aromatic carbocycles. The lowest BCUT2D eigenvalue weighted by atomic mass is 9.81. The first-order valence-corrected chi connectivity index (χ1v) is 9.64. The molecule has 0 spiro atoms. The summed E-state index contributed by atoms with van der Waals surface area (Å²) in [6.45, 7) is 6.23. The van der Waals surface area contributed by atoms with Gasteiger partial charge in [0.1, 0.15) is 0 Å². The van der Waals surface area contributed by atoms with Crippen LogP contribution in [0.1, 0.15) is 26.2 Å². The number of anilines is 1. The molecular formula is C20H29N3O3. The minimum absolute atomic E-state index is 0.0626. The first-order chi connectivity index (χ1) is 12.7.